The van der Waals surface area contributed by atoms with Crippen LogP contribution in [0.15, 0.2) is 23.0 Å². The Bertz CT molecular complexity index is 1040. The lowest BCUT2D eigenvalue weighted by molar-refractivity contribution is -0.133. The number of nitrogens with zero attached hydrogens (tertiary/aromatic N) is 1. The van der Waals surface area contributed by atoms with Gasteiger partial charge >= 0.3 is 0 Å². The minimum absolute atomic E-state index is 0.0347. The summed E-state index contributed by atoms with van der Waals surface area (Å²) in [5.41, 5.74) is 2.69. The van der Waals surface area contributed by atoms with E-state index in [1.54, 1.807) is 7.11 Å². The molecule has 0 unspecified atom stereocenters. The molecule has 33 heavy (non-hydrogen) atoms. The van der Waals surface area contributed by atoms with Crippen molar-refractivity contribution in [3.05, 3.63) is 39.7 Å². The maximum Gasteiger partial charge on any atom is 0.252 e. The first kappa shape index (κ1) is 23.8. The highest BCUT2D eigenvalue weighted by Crippen LogP contribution is 2.37. The van der Waals surface area contributed by atoms with Crippen molar-refractivity contribution in [2.45, 2.75) is 96.9 Å². The number of fused-ring (bicyclic) bond motifs is 1. The van der Waals surface area contributed by atoms with Crippen LogP contribution < -0.4 is 10.3 Å². The molecule has 0 bridgehead atoms. The Hall–Kier alpha value is -2.30. The zero-order valence-corrected chi connectivity index (χ0v) is 20.8. The molecule has 2 saturated carbocycles. The Morgan fingerprint density at radius 3 is 2.39 bits per heavy atom. The number of amides is 1. The number of H-pyrrole nitrogens is 1. The van der Waals surface area contributed by atoms with Gasteiger partial charge < -0.3 is 14.6 Å². The minimum atomic E-state index is -0.0347. The Morgan fingerprint density at radius 2 is 1.76 bits per heavy atom. The Kier molecular flexibility index (Phi) is 7.16. The smallest absolute Gasteiger partial charge is 0.252 e. The first-order valence-electron chi connectivity index (χ1n) is 12.8. The highest BCUT2D eigenvalue weighted by Gasteiger charge is 2.31. The Balaban J connectivity index is 1.73. The van der Waals surface area contributed by atoms with Gasteiger partial charge in [-0.15, -0.1) is 0 Å². The molecule has 0 saturated heterocycles. The molecule has 1 aromatic carbocycles. The van der Waals surface area contributed by atoms with Crippen LogP contribution in [0.3, 0.4) is 0 Å². The fourth-order valence-electron chi connectivity index (χ4n) is 5.76. The molecular formula is C28H40N2O3. The Labute approximate surface area is 197 Å². The van der Waals surface area contributed by atoms with Gasteiger partial charge in [0, 0.05) is 29.6 Å². The van der Waals surface area contributed by atoms with Gasteiger partial charge in [0.2, 0.25) is 5.91 Å². The van der Waals surface area contributed by atoms with Crippen LogP contribution in [0.4, 0.5) is 0 Å². The Morgan fingerprint density at radius 1 is 1.09 bits per heavy atom. The van der Waals surface area contributed by atoms with Crippen molar-refractivity contribution < 1.29 is 9.53 Å². The number of aromatic amines is 1. The third-order valence-electron chi connectivity index (χ3n) is 7.65. The highest BCUT2D eigenvalue weighted by molar-refractivity contribution is 5.90. The van der Waals surface area contributed by atoms with E-state index >= 15 is 0 Å². The molecule has 5 nitrogen and oxygen atoms in total. The van der Waals surface area contributed by atoms with E-state index in [0.717, 1.165) is 73.5 Å². The number of benzene rings is 1. The van der Waals surface area contributed by atoms with E-state index in [1.165, 1.54) is 12.8 Å². The summed E-state index contributed by atoms with van der Waals surface area (Å²) >= 11 is 0. The fourth-order valence-corrected chi connectivity index (χ4v) is 5.76. The number of ether oxygens (including phenoxy) is 1. The molecule has 2 fully saturated rings. The molecule has 0 spiro atoms. The van der Waals surface area contributed by atoms with Crippen molar-refractivity contribution in [2.24, 2.45) is 5.41 Å². The standard InChI is InChI=1S/C28H40N2O3/c1-28(2,3)15-16-30(20-11-7-8-12-20)25(31)18-23-22-14-13-21(33-4)17-24(22)29-27(32)26(23)19-9-5-6-10-19/h13-14,17,19-20H,5-12,15-16,18H2,1-4H3,(H,29,32). The topological polar surface area (TPSA) is 62.4 Å². The first-order chi connectivity index (χ1) is 15.8. The predicted octanol–water partition coefficient (Wildman–Crippen LogP) is 5.94. The summed E-state index contributed by atoms with van der Waals surface area (Å²) in [7, 11) is 1.63. The molecule has 2 aliphatic carbocycles. The average Bonchev–Trinajstić information content (AvgIpc) is 3.47. The molecule has 1 amide bonds. The lowest BCUT2D eigenvalue weighted by atomic mass is 9.89. The van der Waals surface area contributed by atoms with E-state index < -0.39 is 0 Å². The largest absolute Gasteiger partial charge is 0.497 e. The molecule has 2 aromatic rings. The quantitative estimate of drug-likeness (QED) is 0.565. The second-order valence-corrected chi connectivity index (χ2v) is 11.3. The van der Waals surface area contributed by atoms with Crippen molar-refractivity contribution in [3.63, 3.8) is 0 Å². The molecule has 0 aliphatic heterocycles. The van der Waals surface area contributed by atoms with Gasteiger partial charge in [0.15, 0.2) is 0 Å². The van der Waals surface area contributed by atoms with Gasteiger partial charge in [-0.05, 0) is 61.1 Å². The molecule has 1 aromatic heterocycles. The molecule has 4 rings (SSSR count). The molecule has 180 valence electrons. The van der Waals surface area contributed by atoms with Gasteiger partial charge in [-0.3, -0.25) is 9.59 Å². The first-order valence-corrected chi connectivity index (χ1v) is 12.8. The number of hydrogen-bond acceptors (Lipinski definition) is 3. The van der Waals surface area contributed by atoms with Crippen LogP contribution in [0.2, 0.25) is 0 Å². The summed E-state index contributed by atoms with van der Waals surface area (Å²) in [5.74, 6) is 1.13. The lowest BCUT2D eigenvalue weighted by Crippen LogP contribution is -2.42. The summed E-state index contributed by atoms with van der Waals surface area (Å²) in [6.45, 7) is 7.50. The number of nitrogens with one attached hydrogen (secondary N) is 1. The number of carbonyl (C=O) groups excluding carboxylic acids is 1. The van der Waals surface area contributed by atoms with Crippen molar-refractivity contribution in [2.75, 3.05) is 13.7 Å². The highest BCUT2D eigenvalue weighted by atomic mass is 16.5. The summed E-state index contributed by atoms with van der Waals surface area (Å²) in [6, 6.07) is 6.15. The molecular weight excluding hydrogens is 412 g/mol. The predicted molar refractivity (Wildman–Crippen MR) is 134 cm³/mol. The number of pyridine rings is 1. The number of carbonyl (C=O) groups is 1. The van der Waals surface area contributed by atoms with Gasteiger partial charge in [0.1, 0.15) is 5.75 Å². The van der Waals surface area contributed by atoms with Gasteiger partial charge in [-0.1, -0.05) is 46.5 Å². The van der Waals surface area contributed by atoms with Gasteiger partial charge in [0.25, 0.3) is 5.56 Å². The van der Waals surface area contributed by atoms with Crippen molar-refractivity contribution >= 4 is 16.8 Å². The van der Waals surface area contributed by atoms with E-state index in [4.69, 9.17) is 4.74 Å². The van der Waals surface area contributed by atoms with E-state index in [9.17, 15) is 9.59 Å². The van der Waals surface area contributed by atoms with E-state index in [1.807, 2.05) is 18.2 Å². The van der Waals surface area contributed by atoms with Crippen molar-refractivity contribution in [3.8, 4) is 5.75 Å². The number of aromatic nitrogens is 1. The number of hydrogen-bond donors (Lipinski definition) is 1. The van der Waals surface area contributed by atoms with Crippen LogP contribution in [-0.2, 0) is 11.2 Å². The van der Waals surface area contributed by atoms with Gasteiger partial charge in [-0.2, -0.15) is 0 Å². The average molecular weight is 453 g/mol. The number of rotatable bonds is 7. The molecule has 0 atom stereocenters. The van der Waals surface area contributed by atoms with E-state index in [-0.39, 0.29) is 22.8 Å². The SMILES string of the molecule is COc1ccc2c(CC(=O)N(CCC(C)(C)C)C3CCCC3)c(C3CCCC3)c(=O)[nH]c2c1. The van der Waals surface area contributed by atoms with Crippen LogP contribution in [-0.4, -0.2) is 35.5 Å². The van der Waals surface area contributed by atoms with Crippen LogP contribution >= 0.6 is 0 Å². The lowest BCUT2D eigenvalue weighted by Gasteiger charge is -2.32. The van der Waals surface area contributed by atoms with Crippen LogP contribution in [0.25, 0.3) is 10.9 Å². The fraction of sp³-hybridized carbons (Fsp3) is 0.643. The van der Waals surface area contributed by atoms with Crippen LogP contribution in [0.5, 0.6) is 5.75 Å². The summed E-state index contributed by atoms with van der Waals surface area (Å²) in [4.78, 5) is 32.4. The minimum Gasteiger partial charge on any atom is -0.497 e. The van der Waals surface area contributed by atoms with Gasteiger partial charge in [0.05, 0.1) is 19.0 Å². The zero-order valence-electron chi connectivity index (χ0n) is 20.8. The molecule has 1 N–H and O–H groups in total. The summed E-state index contributed by atoms with van der Waals surface area (Å²) in [6.07, 6.45) is 10.2. The molecule has 2 aliphatic rings. The molecule has 5 heteroatoms. The number of methoxy groups -OCH3 is 1. The molecule has 0 radical (unpaired) electrons. The van der Waals surface area contributed by atoms with Crippen LogP contribution in [0, 0.1) is 5.41 Å². The monoisotopic (exact) mass is 452 g/mol. The summed E-state index contributed by atoms with van der Waals surface area (Å²) in [5, 5.41) is 0.979. The maximum atomic E-state index is 13.9. The van der Waals surface area contributed by atoms with E-state index in [0.29, 0.717) is 18.2 Å². The second-order valence-electron chi connectivity index (χ2n) is 11.3. The second kappa shape index (κ2) is 9.90. The summed E-state index contributed by atoms with van der Waals surface area (Å²) < 4.78 is 5.39. The van der Waals surface area contributed by atoms with E-state index in [2.05, 4.69) is 30.7 Å². The van der Waals surface area contributed by atoms with Gasteiger partial charge in [-0.25, -0.2) is 0 Å². The normalized spacial score (nSPS) is 17.7. The third kappa shape index (κ3) is 5.44. The van der Waals surface area contributed by atoms with Crippen molar-refractivity contribution in [1.29, 1.82) is 0 Å². The third-order valence-corrected chi connectivity index (χ3v) is 7.65. The molecule has 1 heterocycles. The van der Waals surface area contributed by atoms with Crippen molar-refractivity contribution in [1.82, 2.24) is 9.88 Å². The maximum absolute atomic E-state index is 13.9. The zero-order chi connectivity index (χ0) is 23.6. The van der Waals surface area contributed by atoms with Crippen LogP contribution in [0.1, 0.15) is 95.6 Å².